The summed E-state index contributed by atoms with van der Waals surface area (Å²) in [6, 6.07) is 4.80. The number of rotatable bonds is 6. The van der Waals surface area contributed by atoms with Gasteiger partial charge in [0.2, 0.25) is 0 Å². The van der Waals surface area contributed by atoms with Crippen molar-refractivity contribution in [3.8, 4) is 5.75 Å². The van der Waals surface area contributed by atoms with Gasteiger partial charge in [-0.25, -0.2) is 4.42 Å². The number of allylic oxidation sites excluding steroid dienone is 3. The molecule has 0 amide bonds. The van der Waals surface area contributed by atoms with E-state index < -0.39 is 11.7 Å². The first-order chi connectivity index (χ1) is 10.9. The SMILES string of the molecule is CN(Cl)CCC(Oc1ccc(C(F)(F)F)cc1)C1C=CC=CC1. The Labute approximate surface area is 139 Å². The Hall–Kier alpha value is -1.46. The lowest BCUT2D eigenvalue weighted by Crippen LogP contribution is -2.29. The molecule has 1 aromatic rings. The third-order valence-corrected chi connectivity index (χ3v) is 3.85. The Balaban J connectivity index is 2.07. The van der Waals surface area contributed by atoms with Gasteiger partial charge in [-0.1, -0.05) is 24.3 Å². The molecule has 1 aliphatic rings. The molecule has 2 rings (SSSR count). The average molecular weight is 346 g/mol. The summed E-state index contributed by atoms with van der Waals surface area (Å²) in [6.45, 7) is 0.626. The molecule has 0 fully saturated rings. The second kappa shape index (κ2) is 7.88. The van der Waals surface area contributed by atoms with Crippen molar-refractivity contribution in [3.05, 3.63) is 54.1 Å². The molecule has 2 nitrogen and oxygen atoms in total. The van der Waals surface area contributed by atoms with E-state index in [1.807, 2.05) is 12.2 Å². The summed E-state index contributed by atoms with van der Waals surface area (Å²) in [4.78, 5) is 0. The van der Waals surface area contributed by atoms with E-state index in [1.54, 1.807) is 11.5 Å². The molecule has 0 aliphatic heterocycles. The second-order valence-corrected chi connectivity index (χ2v) is 6.09. The number of halogens is 4. The van der Waals surface area contributed by atoms with Crippen LogP contribution in [0.2, 0.25) is 0 Å². The molecule has 1 aromatic carbocycles. The Morgan fingerprint density at radius 2 is 1.96 bits per heavy atom. The van der Waals surface area contributed by atoms with Gasteiger partial charge in [-0.2, -0.15) is 13.2 Å². The van der Waals surface area contributed by atoms with Gasteiger partial charge in [-0.15, -0.1) is 0 Å². The molecule has 2 atom stereocenters. The van der Waals surface area contributed by atoms with Gasteiger partial charge < -0.3 is 4.74 Å². The van der Waals surface area contributed by atoms with E-state index in [0.717, 1.165) is 18.6 Å². The van der Waals surface area contributed by atoms with E-state index in [4.69, 9.17) is 16.5 Å². The van der Waals surface area contributed by atoms with Crippen molar-refractivity contribution in [2.75, 3.05) is 13.6 Å². The van der Waals surface area contributed by atoms with Crippen LogP contribution >= 0.6 is 11.8 Å². The minimum Gasteiger partial charge on any atom is -0.490 e. The Kier molecular flexibility index (Phi) is 6.13. The Bertz CT molecular complexity index is 552. The maximum atomic E-state index is 12.6. The van der Waals surface area contributed by atoms with Gasteiger partial charge in [-0.3, -0.25) is 0 Å². The van der Waals surface area contributed by atoms with E-state index in [0.29, 0.717) is 18.7 Å². The molecule has 23 heavy (non-hydrogen) atoms. The highest BCUT2D eigenvalue weighted by Gasteiger charge is 2.30. The second-order valence-electron chi connectivity index (χ2n) is 5.51. The summed E-state index contributed by atoms with van der Waals surface area (Å²) in [6.07, 6.45) is 5.09. The van der Waals surface area contributed by atoms with Crippen molar-refractivity contribution in [2.45, 2.75) is 25.1 Å². The molecule has 2 unspecified atom stereocenters. The average Bonchev–Trinajstić information content (AvgIpc) is 2.51. The van der Waals surface area contributed by atoms with Gasteiger partial charge >= 0.3 is 6.18 Å². The minimum atomic E-state index is -4.34. The molecule has 0 bridgehead atoms. The summed E-state index contributed by atoms with van der Waals surface area (Å²) in [5, 5.41) is 0. The standard InChI is InChI=1S/C17H19ClF3NO/c1-22(18)12-11-16(13-5-3-2-4-6-13)23-15-9-7-14(8-10-15)17(19,20)21/h2-5,7-10,13,16H,6,11-12H2,1H3. The number of nitrogens with zero attached hydrogens (tertiary/aromatic N) is 1. The van der Waals surface area contributed by atoms with Gasteiger partial charge in [0.1, 0.15) is 11.9 Å². The lowest BCUT2D eigenvalue weighted by Gasteiger charge is -2.27. The fourth-order valence-corrected chi connectivity index (χ4v) is 2.54. The fourth-order valence-electron chi connectivity index (χ4n) is 2.44. The van der Waals surface area contributed by atoms with E-state index in [2.05, 4.69) is 12.2 Å². The van der Waals surface area contributed by atoms with Crippen LogP contribution in [0.4, 0.5) is 13.2 Å². The van der Waals surface area contributed by atoms with E-state index in [9.17, 15) is 13.2 Å². The molecule has 0 radical (unpaired) electrons. The van der Waals surface area contributed by atoms with Crippen molar-refractivity contribution in [3.63, 3.8) is 0 Å². The van der Waals surface area contributed by atoms with E-state index in [-0.39, 0.29) is 12.0 Å². The van der Waals surface area contributed by atoms with Crippen LogP contribution in [-0.4, -0.2) is 24.1 Å². The summed E-state index contributed by atoms with van der Waals surface area (Å²) in [7, 11) is 1.76. The van der Waals surface area contributed by atoms with Gasteiger partial charge in [0.25, 0.3) is 0 Å². The summed E-state index contributed by atoms with van der Waals surface area (Å²) >= 11 is 5.86. The number of benzene rings is 1. The molecule has 0 saturated heterocycles. The largest absolute Gasteiger partial charge is 0.490 e. The zero-order valence-electron chi connectivity index (χ0n) is 12.8. The highest BCUT2D eigenvalue weighted by Crippen LogP contribution is 2.31. The zero-order valence-corrected chi connectivity index (χ0v) is 13.5. The maximum Gasteiger partial charge on any atom is 0.416 e. The van der Waals surface area contributed by atoms with Crippen LogP contribution in [0.25, 0.3) is 0 Å². The fraction of sp³-hybridized carbons (Fsp3) is 0.412. The van der Waals surface area contributed by atoms with Crippen LogP contribution in [0.15, 0.2) is 48.6 Å². The van der Waals surface area contributed by atoms with Crippen LogP contribution in [-0.2, 0) is 6.18 Å². The van der Waals surface area contributed by atoms with Crippen molar-refractivity contribution in [1.29, 1.82) is 0 Å². The van der Waals surface area contributed by atoms with Gasteiger partial charge in [0.05, 0.1) is 5.56 Å². The van der Waals surface area contributed by atoms with Crippen LogP contribution in [0, 0.1) is 5.92 Å². The normalized spacial score (nSPS) is 19.1. The van der Waals surface area contributed by atoms with Crippen molar-refractivity contribution >= 4 is 11.8 Å². The van der Waals surface area contributed by atoms with Crippen molar-refractivity contribution < 1.29 is 17.9 Å². The smallest absolute Gasteiger partial charge is 0.416 e. The highest BCUT2D eigenvalue weighted by atomic mass is 35.5. The van der Waals surface area contributed by atoms with Gasteiger partial charge in [-0.05, 0) is 48.9 Å². The van der Waals surface area contributed by atoms with Gasteiger partial charge in [0, 0.05) is 19.5 Å². The molecular weight excluding hydrogens is 327 g/mol. The maximum absolute atomic E-state index is 12.6. The molecular formula is C17H19ClF3NO. The first-order valence-electron chi connectivity index (χ1n) is 7.40. The number of ether oxygens (including phenoxy) is 1. The van der Waals surface area contributed by atoms with Crippen LogP contribution in [0.3, 0.4) is 0 Å². The van der Waals surface area contributed by atoms with Crippen LogP contribution in [0.1, 0.15) is 18.4 Å². The lowest BCUT2D eigenvalue weighted by atomic mass is 9.92. The van der Waals surface area contributed by atoms with Crippen LogP contribution in [0.5, 0.6) is 5.75 Å². The first-order valence-corrected chi connectivity index (χ1v) is 7.74. The van der Waals surface area contributed by atoms with E-state index >= 15 is 0 Å². The summed E-state index contributed by atoms with van der Waals surface area (Å²) in [5.41, 5.74) is -0.678. The number of hydrogen-bond acceptors (Lipinski definition) is 2. The monoisotopic (exact) mass is 345 g/mol. The minimum absolute atomic E-state index is 0.144. The first kappa shape index (κ1) is 17.9. The topological polar surface area (TPSA) is 12.5 Å². The lowest BCUT2D eigenvalue weighted by molar-refractivity contribution is -0.137. The zero-order chi connectivity index (χ0) is 16.9. The van der Waals surface area contributed by atoms with Crippen molar-refractivity contribution in [1.82, 2.24) is 4.42 Å². The van der Waals surface area contributed by atoms with Crippen LogP contribution < -0.4 is 4.74 Å². The molecule has 126 valence electrons. The molecule has 0 heterocycles. The number of alkyl halides is 3. The highest BCUT2D eigenvalue weighted by molar-refractivity contribution is 6.13. The van der Waals surface area contributed by atoms with Crippen molar-refractivity contribution in [2.24, 2.45) is 5.92 Å². The molecule has 0 N–H and O–H groups in total. The summed E-state index contributed by atoms with van der Waals surface area (Å²) < 4.78 is 45.3. The third kappa shape index (κ3) is 5.59. The van der Waals surface area contributed by atoms with E-state index in [1.165, 1.54) is 12.1 Å². The summed E-state index contributed by atoms with van der Waals surface area (Å²) in [5.74, 6) is 0.613. The number of hydrogen-bond donors (Lipinski definition) is 0. The molecule has 6 heteroatoms. The molecule has 0 aromatic heterocycles. The Morgan fingerprint density at radius 1 is 1.26 bits per heavy atom. The quantitative estimate of drug-likeness (QED) is 0.668. The molecule has 1 aliphatic carbocycles. The predicted molar refractivity (Wildman–Crippen MR) is 85.3 cm³/mol. The predicted octanol–water partition coefficient (Wildman–Crippen LogP) is 5.06. The molecule has 0 saturated carbocycles. The Morgan fingerprint density at radius 3 is 2.48 bits per heavy atom. The van der Waals surface area contributed by atoms with Gasteiger partial charge in [0.15, 0.2) is 0 Å². The third-order valence-electron chi connectivity index (χ3n) is 3.68. The molecule has 0 spiro atoms.